The average Bonchev–Trinajstić information content (AvgIpc) is 2.88. The van der Waals surface area contributed by atoms with Crippen LogP contribution in [0.25, 0.3) is 11.1 Å². The molecule has 110 valence electrons. The van der Waals surface area contributed by atoms with Gasteiger partial charge in [0.1, 0.15) is 5.52 Å². The van der Waals surface area contributed by atoms with Crippen molar-refractivity contribution in [3.8, 4) is 0 Å². The van der Waals surface area contributed by atoms with E-state index >= 15 is 0 Å². The molecule has 1 aromatic carbocycles. The van der Waals surface area contributed by atoms with Crippen LogP contribution in [0.3, 0.4) is 0 Å². The lowest BCUT2D eigenvalue weighted by Crippen LogP contribution is -2.55. The summed E-state index contributed by atoms with van der Waals surface area (Å²) in [6, 6.07) is 9.07. The Bertz CT molecular complexity index is 604. The topological polar surface area (TPSA) is 50.1 Å². The van der Waals surface area contributed by atoms with Crippen molar-refractivity contribution in [2.75, 3.05) is 5.43 Å². The highest BCUT2D eigenvalue weighted by atomic mass is 16.4. The van der Waals surface area contributed by atoms with E-state index in [-0.39, 0.29) is 0 Å². The second kappa shape index (κ2) is 4.47. The maximum Gasteiger partial charge on any atom is 0.310 e. The first-order chi connectivity index (χ1) is 10.3. The van der Waals surface area contributed by atoms with Crippen LogP contribution >= 0.6 is 0 Å². The van der Waals surface area contributed by atoms with Crippen molar-refractivity contribution in [2.45, 2.75) is 38.1 Å². The Kier molecular flexibility index (Phi) is 2.56. The molecule has 4 aliphatic carbocycles. The van der Waals surface area contributed by atoms with Crippen LogP contribution in [0.15, 0.2) is 28.7 Å². The Morgan fingerprint density at radius 1 is 0.952 bits per heavy atom. The van der Waals surface area contributed by atoms with Crippen molar-refractivity contribution in [1.82, 2.24) is 10.4 Å². The first-order valence-electron chi connectivity index (χ1n) is 8.22. The number of benzene rings is 1. The van der Waals surface area contributed by atoms with Gasteiger partial charge in [0.05, 0.1) is 0 Å². The van der Waals surface area contributed by atoms with Gasteiger partial charge in [0.25, 0.3) is 0 Å². The Morgan fingerprint density at radius 3 is 2.38 bits per heavy atom. The quantitative estimate of drug-likeness (QED) is 0.846. The van der Waals surface area contributed by atoms with E-state index < -0.39 is 0 Å². The van der Waals surface area contributed by atoms with Crippen molar-refractivity contribution in [3.63, 3.8) is 0 Å². The number of hydrazine groups is 1. The lowest BCUT2D eigenvalue weighted by molar-refractivity contribution is -0.0112. The summed E-state index contributed by atoms with van der Waals surface area (Å²) in [6.45, 7) is 0. The average molecular weight is 283 g/mol. The van der Waals surface area contributed by atoms with Crippen molar-refractivity contribution in [2.24, 2.45) is 23.7 Å². The molecule has 0 saturated heterocycles. The molecule has 0 aliphatic heterocycles. The fourth-order valence-electron chi connectivity index (χ4n) is 5.23. The van der Waals surface area contributed by atoms with Gasteiger partial charge >= 0.3 is 6.01 Å². The molecule has 4 bridgehead atoms. The highest BCUT2D eigenvalue weighted by Crippen LogP contribution is 2.53. The van der Waals surface area contributed by atoms with Crippen LogP contribution in [0.4, 0.5) is 6.01 Å². The molecule has 0 spiro atoms. The largest absolute Gasteiger partial charge is 0.423 e. The minimum absolute atomic E-state index is 0.588. The second-order valence-electron chi connectivity index (χ2n) is 7.21. The van der Waals surface area contributed by atoms with E-state index in [0.717, 1.165) is 34.8 Å². The summed E-state index contributed by atoms with van der Waals surface area (Å²) in [5.74, 6) is 3.71. The molecule has 6 rings (SSSR count). The Balaban J connectivity index is 1.32. The van der Waals surface area contributed by atoms with Gasteiger partial charge in [0, 0.05) is 6.04 Å². The molecular formula is C17H21N3O. The van der Waals surface area contributed by atoms with Crippen LogP contribution in [-0.2, 0) is 0 Å². The lowest BCUT2D eigenvalue weighted by Gasteiger charge is -2.54. The fourth-order valence-corrected chi connectivity index (χ4v) is 5.23. The van der Waals surface area contributed by atoms with Gasteiger partial charge in [0.2, 0.25) is 0 Å². The van der Waals surface area contributed by atoms with Crippen LogP contribution in [0.5, 0.6) is 0 Å². The number of rotatable bonds is 3. The van der Waals surface area contributed by atoms with E-state index in [4.69, 9.17) is 4.42 Å². The highest BCUT2D eigenvalue weighted by Gasteiger charge is 2.48. The van der Waals surface area contributed by atoms with Gasteiger partial charge in [-0.1, -0.05) is 12.1 Å². The Hall–Kier alpha value is -1.55. The smallest absolute Gasteiger partial charge is 0.310 e. The molecule has 0 atom stereocenters. The van der Waals surface area contributed by atoms with Crippen molar-refractivity contribution >= 4 is 17.1 Å². The predicted molar refractivity (Wildman–Crippen MR) is 81.6 cm³/mol. The molecule has 0 amide bonds. The van der Waals surface area contributed by atoms with E-state index in [1.165, 1.54) is 32.1 Å². The fraction of sp³-hybridized carbons (Fsp3) is 0.588. The number of anilines is 1. The second-order valence-corrected chi connectivity index (χ2v) is 7.21. The number of para-hydroxylation sites is 2. The molecule has 0 unspecified atom stereocenters. The predicted octanol–water partition coefficient (Wildman–Crippen LogP) is 3.57. The molecule has 2 N–H and O–H groups in total. The molecule has 4 saturated carbocycles. The first-order valence-corrected chi connectivity index (χ1v) is 8.22. The van der Waals surface area contributed by atoms with Crippen LogP contribution in [0.1, 0.15) is 32.1 Å². The lowest BCUT2D eigenvalue weighted by atomic mass is 9.54. The number of oxazole rings is 1. The summed E-state index contributed by atoms with van der Waals surface area (Å²) in [4.78, 5) is 4.47. The van der Waals surface area contributed by atoms with E-state index in [9.17, 15) is 0 Å². The van der Waals surface area contributed by atoms with E-state index in [1.54, 1.807) is 0 Å². The monoisotopic (exact) mass is 283 g/mol. The maximum atomic E-state index is 5.73. The maximum absolute atomic E-state index is 5.73. The number of nitrogens with zero attached hydrogens (tertiary/aromatic N) is 1. The van der Waals surface area contributed by atoms with E-state index in [2.05, 4.69) is 15.8 Å². The zero-order chi connectivity index (χ0) is 13.8. The SMILES string of the molecule is c1ccc2oc(NNC3C4CC5CC(C4)CC3C5)nc2c1. The number of aromatic nitrogens is 1. The molecule has 0 radical (unpaired) electrons. The van der Waals surface area contributed by atoms with E-state index in [0.29, 0.717) is 12.1 Å². The first kappa shape index (κ1) is 12.0. The van der Waals surface area contributed by atoms with Gasteiger partial charge in [-0.15, -0.1) is 0 Å². The molecule has 1 aromatic heterocycles. The van der Waals surface area contributed by atoms with Crippen molar-refractivity contribution < 1.29 is 4.42 Å². The minimum Gasteiger partial charge on any atom is -0.423 e. The molecular weight excluding hydrogens is 262 g/mol. The van der Waals surface area contributed by atoms with Crippen molar-refractivity contribution in [1.29, 1.82) is 0 Å². The summed E-state index contributed by atoms with van der Waals surface area (Å²) in [6.07, 6.45) is 7.16. The Morgan fingerprint density at radius 2 is 1.67 bits per heavy atom. The van der Waals surface area contributed by atoms with Crippen LogP contribution in [0.2, 0.25) is 0 Å². The molecule has 4 aliphatic rings. The number of fused-ring (bicyclic) bond motifs is 1. The highest BCUT2D eigenvalue weighted by molar-refractivity contribution is 5.73. The molecule has 4 nitrogen and oxygen atoms in total. The third kappa shape index (κ3) is 1.96. The molecule has 21 heavy (non-hydrogen) atoms. The summed E-state index contributed by atoms with van der Waals surface area (Å²) in [5, 5.41) is 0. The zero-order valence-electron chi connectivity index (χ0n) is 12.1. The summed E-state index contributed by atoms with van der Waals surface area (Å²) >= 11 is 0. The molecule has 4 fully saturated rings. The van der Waals surface area contributed by atoms with Gasteiger partial charge in [-0.3, -0.25) is 5.43 Å². The standard InChI is InChI=1S/C17H21N3O/c1-2-4-15-14(3-1)18-17(21-15)20-19-16-12-6-10-5-11(8-12)9-13(16)7-10/h1-4,10-13,16,19H,5-9H2,(H,18,20). The summed E-state index contributed by atoms with van der Waals surface area (Å²) in [7, 11) is 0. The third-order valence-corrected chi connectivity index (χ3v) is 5.87. The summed E-state index contributed by atoms with van der Waals surface area (Å²) < 4.78 is 5.73. The van der Waals surface area contributed by atoms with Crippen LogP contribution in [0, 0.1) is 23.7 Å². The normalized spacial score (nSPS) is 37.2. The van der Waals surface area contributed by atoms with Crippen LogP contribution < -0.4 is 10.9 Å². The molecule has 1 heterocycles. The van der Waals surface area contributed by atoms with E-state index in [1.807, 2.05) is 24.3 Å². The summed E-state index contributed by atoms with van der Waals surface area (Å²) in [5.41, 5.74) is 8.52. The zero-order valence-corrected chi connectivity index (χ0v) is 12.1. The van der Waals surface area contributed by atoms with Crippen LogP contribution in [-0.4, -0.2) is 11.0 Å². The van der Waals surface area contributed by atoms with Gasteiger partial charge in [-0.05, 0) is 67.9 Å². The van der Waals surface area contributed by atoms with Gasteiger partial charge in [-0.25, -0.2) is 5.43 Å². The van der Waals surface area contributed by atoms with Crippen molar-refractivity contribution in [3.05, 3.63) is 24.3 Å². The Labute approximate surface area is 124 Å². The minimum atomic E-state index is 0.588. The number of hydrogen-bond donors (Lipinski definition) is 2. The number of nitrogens with one attached hydrogen (secondary N) is 2. The third-order valence-electron chi connectivity index (χ3n) is 5.87. The van der Waals surface area contributed by atoms with Gasteiger partial charge in [0.15, 0.2) is 5.58 Å². The van der Waals surface area contributed by atoms with Gasteiger partial charge in [-0.2, -0.15) is 4.98 Å². The van der Waals surface area contributed by atoms with Gasteiger partial charge < -0.3 is 4.42 Å². The number of hydrogen-bond acceptors (Lipinski definition) is 4. The molecule has 2 aromatic rings. The molecule has 4 heteroatoms.